The maximum Gasteiger partial charge on any atom is 0.269 e. The molecule has 0 bridgehead atoms. The summed E-state index contributed by atoms with van der Waals surface area (Å²) in [5.74, 6) is 1.56. The highest BCUT2D eigenvalue weighted by molar-refractivity contribution is 5.87. The van der Waals surface area contributed by atoms with Crippen LogP contribution in [0.15, 0.2) is 48.5 Å². The fraction of sp³-hybridized carbons (Fsp3) is 0.263. The van der Waals surface area contributed by atoms with Crippen LogP contribution in [0.2, 0.25) is 0 Å². The molecule has 0 fully saturated rings. The number of hydrogen-bond donors (Lipinski definition) is 1. The number of fused-ring (bicyclic) bond motifs is 1. The summed E-state index contributed by atoms with van der Waals surface area (Å²) < 4.78 is 0. The maximum atomic E-state index is 10.8. The van der Waals surface area contributed by atoms with Gasteiger partial charge in [-0.1, -0.05) is 25.5 Å². The molecule has 0 aliphatic heterocycles. The van der Waals surface area contributed by atoms with Crippen molar-refractivity contribution in [3.8, 4) is 11.4 Å². The average molecular weight is 337 g/mol. The lowest BCUT2D eigenvalue weighted by Crippen LogP contribution is -3.04. The number of unbranched alkanes of at least 4 members (excludes halogenated alkanes) is 1. The van der Waals surface area contributed by atoms with Gasteiger partial charge >= 0.3 is 0 Å². The number of nitro groups is 1. The number of aromatic nitrogens is 2. The predicted molar refractivity (Wildman–Crippen MR) is 98.0 cm³/mol. The van der Waals surface area contributed by atoms with E-state index in [2.05, 4.69) is 19.0 Å². The SMILES string of the molecule is CCCC[NH+](C)c1nc(-c2ccc([N+](=O)[O-])cc2)nc2ccccc12. The molecule has 1 heterocycles. The second-order valence-corrected chi connectivity index (χ2v) is 6.10. The van der Waals surface area contributed by atoms with Crippen LogP contribution in [0.4, 0.5) is 11.5 Å². The number of nitrogens with zero attached hydrogens (tertiary/aromatic N) is 3. The molecule has 0 saturated carbocycles. The van der Waals surface area contributed by atoms with E-state index >= 15 is 0 Å². The molecule has 0 spiro atoms. The Morgan fingerprint density at radius 3 is 2.48 bits per heavy atom. The molecule has 1 N–H and O–H groups in total. The summed E-state index contributed by atoms with van der Waals surface area (Å²) >= 11 is 0. The number of hydrogen-bond acceptors (Lipinski definition) is 4. The van der Waals surface area contributed by atoms with E-state index in [0.717, 1.165) is 41.7 Å². The smallest absolute Gasteiger partial charge is 0.269 e. The van der Waals surface area contributed by atoms with Crippen molar-refractivity contribution in [1.29, 1.82) is 0 Å². The molecule has 128 valence electrons. The van der Waals surface area contributed by atoms with Crippen molar-refractivity contribution in [3.05, 3.63) is 58.6 Å². The van der Waals surface area contributed by atoms with Crippen LogP contribution in [0, 0.1) is 10.1 Å². The first-order valence-electron chi connectivity index (χ1n) is 8.44. The molecule has 1 aromatic heterocycles. The molecule has 0 saturated heterocycles. The van der Waals surface area contributed by atoms with Crippen molar-refractivity contribution in [3.63, 3.8) is 0 Å². The molecule has 0 aliphatic rings. The molecular formula is C19H21N4O2+. The van der Waals surface area contributed by atoms with Gasteiger partial charge in [0.15, 0.2) is 5.82 Å². The average Bonchev–Trinajstić information content (AvgIpc) is 2.65. The van der Waals surface area contributed by atoms with Crippen LogP contribution in [-0.4, -0.2) is 28.5 Å². The first-order chi connectivity index (χ1) is 12.1. The Morgan fingerprint density at radius 2 is 1.80 bits per heavy atom. The predicted octanol–water partition coefficient (Wildman–Crippen LogP) is 3.15. The van der Waals surface area contributed by atoms with Crippen molar-refractivity contribution in [2.45, 2.75) is 19.8 Å². The van der Waals surface area contributed by atoms with Crippen LogP contribution in [0.3, 0.4) is 0 Å². The zero-order valence-electron chi connectivity index (χ0n) is 14.4. The van der Waals surface area contributed by atoms with Crippen molar-refractivity contribution < 1.29 is 9.82 Å². The van der Waals surface area contributed by atoms with Crippen LogP contribution in [-0.2, 0) is 0 Å². The van der Waals surface area contributed by atoms with Gasteiger partial charge in [-0.15, -0.1) is 0 Å². The van der Waals surface area contributed by atoms with Crippen molar-refractivity contribution >= 4 is 22.4 Å². The van der Waals surface area contributed by atoms with E-state index in [9.17, 15) is 10.1 Å². The zero-order valence-corrected chi connectivity index (χ0v) is 14.4. The Bertz CT molecular complexity index is 894. The lowest BCUT2D eigenvalue weighted by molar-refractivity contribution is -0.811. The van der Waals surface area contributed by atoms with E-state index in [4.69, 9.17) is 4.98 Å². The van der Waals surface area contributed by atoms with Crippen LogP contribution in [0.25, 0.3) is 22.3 Å². The third-order valence-electron chi connectivity index (χ3n) is 4.25. The third-order valence-corrected chi connectivity index (χ3v) is 4.25. The molecule has 25 heavy (non-hydrogen) atoms. The van der Waals surface area contributed by atoms with Crippen molar-refractivity contribution in [2.75, 3.05) is 13.6 Å². The number of quaternary nitrogens is 1. The van der Waals surface area contributed by atoms with Gasteiger partial charge in [0.05, 0.1) is 29.4 Å². The van der Waals surface area contributed by atoms with Gasteiger partial charge < -0.3 is 0 Å². The Kier molecular flexibility index (Phi) is 5.00. The fourth-order valence-electron chi connectivity index (χ4n) is 2.82. The standard InChI is InChI=1S/C19H20N4O2/c1-3-4-13-22(2)19-16-7-5-6-8-17(16)20-18(21-19)14-9-11-15(12-10-14)23(24)25/h5-12H,3-4,13H2,1-2H3/p+1. The number of nitrogens with one attached hydrogen (secondary N) is 1. The zero-order chi connectivity index (χ0) is 17.8. The first kappa shape index (κ1) is 17.0. The number of non-ortho nitro benzene ring substituents is 1. The number of nitro benzene ring substituents is 1. The minimum absolute atomic E-state index is 0.0652. The molecule has 0 amide bonds. The molecule has 1 atom stereocenters. The largest absolute Gasteiger partial charge is 0.288 e. The maximum absolute atomic E-state index is 10.8. The Hall–Kier alpha value is -2.86. The molecular weight excluding hydrogens is 316 g/mol. The highest BCUT2D eigenvalue weighted by Crippen LogP contribution is 2.24. The number of rotatable bonds is 6. The second-order valence-electron chi connectivity index (χ2n) is 6.10. The molecule has 0 aliphatic carbocycles. The highest BCUT2D eigenvalue weighted by atomic mass is 16.6. The molecule has 6 heteroatoms. The highest BCUT2D eigenvalue weighted by Gasteiger charge is 2.17. The van der Waals surface area contributed by atoms with Crippen LogP contribution < -0.4 is 4.90 Å². The molecule has 0 radical (unpaired) electrons. The van der Waals surface area contributed by atoms with Gasteiger partial charge in [-0.05, 0) is 30.7 Å². The lowest BCUT2D eigenvalue weighted by atomic mass is 10.1. The summed E-state index contributed by atoms with van der Waals surface area (Å²) in [7, 11) is 2.12. The van der Waals surface area contributed by atoms with E-state index < -0.39 is 4.92 Å². The van der Waals surface area contributed by atoms with E-state index in [1.165, 1.54) is 17.0 Å². The Morgan fingerprint density at radius 1 is 1.08 bits per heavy atom. The molecule has 3 aromatic rings. The van der Waals surface area contributed by atoms with Crippen molar-refractivity contribution in [2.24, 2.45) is 0 Å². The Labute approximate surface area is 146 Å². The summed E-state index contributed by atoms with van der Waals surface area (Å²) in [4.78, 5) is 21.1. The summed E-state index contributed by atoms with van der Waals surface area (Å²) in [5.41, 5.74) is 1.73. The van der Waals surface area contributed by atoms with Crippen LogP contribution >= 0.6 is 0 Å². The number of para-hydroxylation sites is 1. The van der Waals surface area contributed by atoms with Crippen LogP contribution in [0.5, 0.6) is 0 Å². The topological polar surface area (TPSA) is 73.4 Å². The Balaban J connectivity index is 2.08. The van der Waals surface area contributed by atoms with Gasteiger partial charge in [0.1, 0.15) is 0 Å². The first-order valence-corrected chi connectivity index (χ1v) is 8.44. The molecule has 6 nitrogen and oxygen atoms in total. The fourth-order valence-corrected chi connectivity index (χ4v) is 2.82. The normalized spacial score (nSPS) is 12.2. The minimum Gasteiger partial charge on any atom is -0.288 e. The van der Waals surface area contributed by atoms with E-state index in [1.54, 1.807) is 12.1 Å². The monoisotopic (exact) mass is 337 g/mol. The summed E-state index contributed by atoms with van der Waals surface area (Å²) in [5, 5.41) is 11.9. The number of benzene rings is 2. The quantitative estimate of drug-likeness (QED) is 0.554. The van der Waals surface area contributed by atoms with Gasteiger partial charge in [0.25, 0.3) is 5.69 Å². The lowest BCUT2D eigenvalue weighted by Gasteiger charge is -2.15. The summed E-state index contributed by atoms with van der Waals surface area (Å²) in [6, 6.07) is 14.3. The summed E-state index contributed by atoms with van der Waals surface area (Å²) in [6.07, 6.45) is 2.26. The van der Waals surface area contributed by atoms with Gasteiger partial charge in [0.2, 0.25) is 5.82 Å². The van der Waals surface area contributed by atoms with E-state index in [1.807, 2.05) is 24.3 Å². The second kappa shape index (κ2) is 7.36. The molecule has 2 aromatic carbocycles. The molecule has 1 unspecified atom stereocenters. The minimum atomic E-state index is -0.404. The van der Waals surface area contributed by atoms with Gasteiger partial charge in [0, 0.05) is 17.7 Å². The van der Waals surface area contributed by atoms with Crippen LogP contribution in [0.1, 0.15) is 19.8 Å². The molecule has 3 rings (SSSR count). The van der Waals surface area contributed by atoms with E-state index in [0.29, 0.717) is 5.82 Å². The third kappa shape index (κ3) is 3.64. The van der Waals surface area contributed by atoms with Crippen molar-refractivity contribution in [1.82, 2.24) is 9.97 Å². The van der Waals surface area contributed by atoms with Gasteiger partial charge in [-0.2, -0.15) is 4.98 Å². The van der Waals surface area contributed by atoms with Gasteiger partial charge in [-0.25, -0.2) is 4.98 Å². The summed E-state index contributed by atoms with van der Waals surface area (Å²) in [6.45, 7) is 3.17. The van der Waals surface area contributed by atoms with E-state index in [-0.39, 0.29) is 5.69 Å². The van der Waals surface area contributed by atoms with Gasteiger partial charge in [-0.3, -0.25) is 15.0 Å².